The molecule has 0 aliphatic rings. The van der Waals surface area contributed by atoms with Crippen LogP contribution < -0.4 is 4.72 Å². The van der Waals surface area contributed by atoms with Gasteiger partial charge in [0.2, 0.25) is 5.13 Å². The molecule has 0 atom stereocenters. The number of aryl methyl sites for hydroxylation is 2. The van der Waals surface area contributed by atoms with Gasteiger partial charge in [0.05, 0.1) is 10.5 Å². The summed E-state index contributed by atoms with van der Waals surface area (Å²) in [5, 5.41) is 15.8. The molecule has 0 radical (unpaired) electrons. The van der Waals surface area contributed by atoms with E-state index in [1.807, 2.05) is 0 Å². The number of benzene rings is 1. The molecular weight excluding hydrogens is 304 g/mol. The van der Waals surface area contributed by atoms with Gasteiger partial charge in [-0.05, 0) is 36.3 Å². The summed E-state index contributed by atoms with van der Waals surface area (Å²) in [5.74, 6) is -1.18. The number of hydrogen-bond donors (Lipinski definition) is 2. The van der Waals surface area contributed by atoms with E-state index in [1.54, 1.807) is 13.8 Å². The minimum atomic E-state index is -3.93. The quantitative estimate of drug-likeness (QED) is 0.864. The van der Waals surface area contributed by atoms with E-state index in [9.17, 15) is 13.2 Å². The van der Waals surface area contributed by atoms with Crippen molar-refractivity contribution in [2.75, 3.05) is 4.72 Å². The molecule has 20 heavy (non-hydrogen) atoms. The van der Waals surface area contributed by atoms with Crippen LogP contribution in [0.3, 0.4) is 0 Å². The van der Waals surface area contributed by atoms with E-state index in [1.165, 1.54) is 6.07 Å². The van der Waals surface area contributed by atoms with Crippen molar-refractivity contribution in [3.05, 3.63) is 28.8 Å². The van der Waals surface area contributed by atoms with E-state index in [2.05, 4.69) is 19.5 Å². The average Bonchev–Trinajstić information content (AvgIpc) is 2.79. The smallest absolute Gasteiger partial charge is 0.335 e. The summed E-state index contributed by atoms with van der Waals surface area (Å²) in [7, 11) is -3.93. The molecule has 1 aromatic heterocycles. The molecule has 0 bridgehead atoms. The highest BCUT2D eigenvalue weighted by molar-refractivity contribution is 7.93. The van der Waals surface area contributed by atoms with E-state index in [-0.39, 0.29) is 15.6 Å². The zero-order chi connectivity index (χ0) is 14.9. The van der Waals surface area contributed by atoms with Crippen LogP contribution in [0.25, 0.3) is 0 Å². The summed E-state index contributed by atoms with van der Waals surface area (Å²) in [6.45, 7) is 3.19. The van der Waals surface area contributed by atoms with Gasteiger partial charge in [0, 0.05) is 11.5 Å². The highest BCUT2D eigenvalue weighted by Crippen LogP contribution is 2.23. The summed E-state index contributed by atoms with van der Waals surface area (Å²) in [4.78, 5) is 11.0. The predicted octanol–water partition coefficient (Wildman–Crippen LogP) is 1.05. The van der Waals surface area contributed by atoms with Crippen molar-refractivity contribution in [3.8, 4) is 0 Å². The number of aromatic nitrogens is 3. The molecule has 2 rings (SSSR count). The molecule has 0 aliphatic heterocycles. The van der Waals surface area contributed by atoms with E-state index in [4.69, 9.17) is 5.11 Å². The lowest BCUT2D eigenvalue weighted by atomic mass is 10.1. The van der Waals surface area contributed by atoms with Crippen LogP contribution in [0.15, 0.2) is 17.0 Å². The molecule has 2 N–H and O–H groups in total. The molecule has 10 heteroatoms. The van der Waals surface area contributed by atoms with Gasteiger partial charge in [-0.2, -0.15) is 0 Å². The summed E-state index contributed by atoms with van der Waals surface area (Å²) in [6.07, 6.45) is 0. The summed E-state index contributed by atoms with van der Waals surface area (Å²) >= 11 is 0.785. The van der Waals surface area contributed by atoms with Crippen molar-refractivity contribution in [2.24, 2.45) is 0 Å². The molecule has 0 saturated carbocycles. The fourth-order valence-electron chi connectivity index (χ4n) is 1.70. The Morgan fingerprint density at radius 2 is 2.00 bits per heavy atom. The van der Waals surface area contributed by atoms with Crippen molar-refractivity contribution in [3.63, 3.8) is 0 Å². The van der Waals surface area contributed by atoms with E-state index in [0.29, 0.717) is 11.1 Å². The largest absolute Gasteiger partial charge is 0.478 e. The van der Waals surface area contributed by atoms with Crippen LogP contribution in [0, 0.1) is 13.8 Å². The van der Waals surface area contributed by atoms with Crippen LogP contribution in [0.1, 0.15) is 21.5 Å². The number of nitrogens with one attached hydrogen (secondary N) is 1. The number of rotatable bonds is 4. The Morgan fingerprint density at radius 3 is 2.55 bits per heavy atom. The number of carboxylic acids is 1. The second-order valence-corrected chi connectivity index (χ2v) is 6.39. The standard InChI is InChI=1S/C10H10N4O4S2/c1-5-3-6(2)8(4-7(5)9(15)16)20(17,18)12-10-11-13-14-19-10/h3-4H,1-2H3,(H,15,16)(H,11,12,14). The lowest BCUT2D eigenvalue weighted by molar-refractivity contribution is 0.0696. The monoisotopic (exact) mass is 314 g/mol. The average molecular weight is 314 g/mol. The van der Waals surface area contributed by atoms with Crippen LogP contribution in [0.4, 0.5) is 5.13 Å². The maximum atomic E-state index is 12.2. The van der Waals surface area contributed by atoms with E-state index in [0.717, 1.165) is 17.6 Å². The number of sulfonamides is 1. The first-order valence-electron chi connectivity index (χ1n) is 5.33. The third-order valence-corrected chi connectivity index (χ3v) is 4.68. The second-order valence-electron chi connectivity index (χ2n) is 4.01. The molecule has 0 unspecified atom stereocenters. The van der Waals surface area contributed by atoms with Crippen molar-refractivity contribution in [1.82, 2.24) is 14.8 Å². The molecule has 0 saturated heterocycles. The molecule has 0 spiro atoms. The first-order chi connectivity index (χ1) is 9.31. The summed E-state index contributed by atoms with van der Waals surface area (Å²) < 4.78 is 30.1. The first-order valence-corrected chi connectivity index (χ1v) is 7.59. The summed E-state index contributed by atoms with van der Waals surface area (Å²) in [5.41, 5.74) is 0.871. The Hall–Kier alpha value is -2.07. The molecule has 106 valence electrons. The van der Waals surface area contributed by atoms with Gasteiger partial charge >= 0.3 is 5.97 Å². The van der Waals surface area contributed by atoms with Crippen LogP contribution in [-0.2, 0) is 10.0 Å². The highest BCUT2D eigenvalue weighted by atomic mass is 32.2. The van der Waals surface area contributed by atoms with E-state index < -0.39 is 16.0 Å². The molecule has 0 aliphatic carbocycles. The number of aromatic carboxylic acids is 1. The third kappa shape index (κ3) is 2.75. The fraction of sp³-hybridized carbons (Fsp3) is 0.200. The van der Waals surface area contributed by atoms with E-state index >= 15 is 0 Å². The maximum absolute atomic E-state index is 12.2. The minimum absolute atomic E-state index is 0.0156. The van der Waals surface area contributed by atoms with Crippen molar-refractivity contribution >= 4 is 32.7 Å². The minimum Gasteiger partial charge on any atom is -0.478 e. The lowest BCUT2D eigenvalue weighted by Gasteiger charge is -2.10. The zero-order valence-electron chi connectivity index (χ0n) is 10.5. The molecule has 0 fully saturated rings. The van der Waals surface area contributed by atoms with Crippen molar-refractivity contribution in [1.29, 1.82) is 0 Å². The van der Waals surface area contributed by atoms with Gasteiger partial charge < -0.3 is 5.11 Å². The fourth-order valence-corrected chi connectivity index (χ4v) is 3.53. The Bertz CT molecular complexity index is 756. The van der Waals surface area contributed by atoms with Gasteiger partial charge in [-0.25, -0.2) is 13.2 Å². The molecule has 1 heterocycles. The highest BCUT2D eigenvalue weighted by Gasteiger charge is 2.22. The number of nitrogens with zero attached hydrogens (tertiary/aromatic N) is 3. The Labute approximate surface area is 118 Å². The Balaban J connectivity index is 2.51. The predicted molar refractivity (Wildman–Crippen MR) is 71.4 cm³/mol. The molecule has 0 amide bonds. The number of hydrogen-bond acceptors (Lipinski definition) is 7. The van der Waals surface area contributed by atoms with Gasteiger partial charge in [-0.1, -0.05) is 15.7 Å². The van der Waals surface area contributed by atoms with Crippen LogP contribution in [0.2, 0.25) is 0 Å². The normalized spacial score (nSPS) is 11.3. The Kier molecular flexibility index (Phi) is 3.68. The Morgan fingerprint density at radius 1 is 1.30 bits per heavy atom. The van der Waals surface area contributed by atoms with Crippen LogP contribution >= 0.6 is 11.5 Å². The number of anilines is 1. The molecular formula is C10H10N4O4S2. The van der Waals surface area contributed by atoms with Gasteiger partial charge in [0.1, 0.15) is 0 Å². The van der Waals surface area contributed by atoms with Gasteiger partial charge in [-0.3, -0.25) is 4.72 Å². The topological polar surface area (TPSA) is 122 Å². The zero-order valence-corrected chi connectivity index (χ0v) is 12.1. The first kappa shape index (κ1) is 14.3. The lowest BCUT2D eigenvalue weighted by Crippen LogP contribution is -2.15. The molecule has 2 aromatic rings. The third-order valence-electron chi connectivity index (χ3n) is 2.56. The molecule has 1 aromatic carbocycles. The maximum Gasteiger partial charge on any atom is 0.335 e. The second kappa shape index (κ2) is 5.13. The van der Waals surface area contributed by atoms with Crippen LogP contribution in [0.5, 0.6) is 0 Å². The SMILES string of the molecule is Cc1cc(C)c(S(=O)(=O)Nc2nnns2)cc1C(=O)O. The summed E-state index contributed by atoms with van der Waals surface area (Å²) in [6, 6.07) is 2.64. The van der Waals surface area contributed by atoms with Crippen molar-refractivity contribution < 1.29 is 18.3 Å². The van der Waals surface area contributed by atoms with Crippen molar-refractivity contribution in [2.45, 2.75) is 18.7 Å². The number of carboxylic acid groups (broad SMARTS) is 1. The van der Waals surface area contributed by atoms with Gasteiger partial charge in [0.15, 0.2) is 0 Å². The molecule has 8 nitrogen and oxygen atoms in total. The van der Waals surface area contributed by atoms with Gasteiger partial charge in [0.25, 0.3) is 10.0 Å². The number of carbonyl (C=O) groups is 1. The van der Waals surface area contributed by atoms with Crippen LogP contribution in [-0.4, -0.2) is 34.3 Å². The van der Waals surface area contributed by atoms with Gasteiger partial charge in [-0.15, -0.1) is 0 Å².